The highest BCUT2D eigenvalue weighted by Gasteiger charge is 2.25. The monoisotopic (exact) mass is 232 g/mol. The fraction of sp³-hybridized carbons (Fsp3) is 0.385. The van der Waals surface area contributed by atoms with Gasteiger partial charge in [0.15, 0.2) is 5.78 Å². The van der Waals surface area contributed by atoms with Crippen molar-refractivity contribution in [3.63, 3.8) is 0 Å². The van der Waals surface area contributed by atoms with Gasteiger partial charge in [0, 0.05) is 24.2 Å². The van der Waals surface area contributed by atoms with Crippen molar-refractivity contribution in [1.82, 2.24) is 10.3 Å². The Bertz CT molecular complexity index is 486. The molecule has 1 aromatic rings. The van der Waals surface area contributed by atoms with Gasteiger partial charge in [0.1, 0.15) is 5.69 Å². The number of ketones is 1. The maximum atomic E-state index is 11.8. The molecule has 2 N–H and O–H groups in total. The molecule has 0 aliphatic heterocycles. The van der Waals surface area contributed by atoms with Crippen LogP contribution in [0.25, 0.3) is 0 Å². The fourth-order valence-electron chi connectivity index (χ4n) is 2.25. The molecule has 2 rings (SSSR count). The normalized spacial score (nSPS) is 14.3. The summed E-state index contributed by atoms with van der Waals surface area (Å²) in [5, 5.41) is 2.71. The number of aryl methyl sites for hydroxylation is 1. The lowest BCUT2D eigenvalue weighted by atomic mass is 9.94. The van der Waals surface area contributed by atoms with Gasteiger partial charge in [-0.1, -0.05) is 6.08 Å². The van der Waals surface area contributed by atoms with Crippen LogP contribution in [0.4, 0.5) is 0 Å². The van der Waals surface area contributed by atoms with E-state index < -0.39 is 0 Å². The molecule has 17 heavy (non-hydrogen) atoms. The molecular formula is C13H16N2O2. The van der Waals surface area contributed by atoms with E-state index in [0.29, 0.717) is 18.7 Å². The molecule has 1 aliphatic carbocycles. The number of amides is 1. The number of rotatable bonds is 3. The van der Waals surface area contributed by atoms with Crippen LogP contribution in [-0.2, 0) is 6.42 Å². The number of hydrogen-bond acceptors (Lipinski definition) is 2. The SMILES string of the molecule is C=CCNC(=O)c1[nH]c2c(c1C)C(=O)CCC2. The van der Waals surface area contributed by atoms with Gasteiger partial charge < -0.3 is 10.3 Å². The maximum absolute atomic E-state index is 11.8. The zero-order chi connectivity index (χ0) is 12.4. The van der Waals surface area contributed by atoms with Gasteiger partial charge in [-0.15, -0.1) is 6.58 Å². The molecule has 90 valence electrons. The van der Waals surface area contributed by atoms with Gasteiger partial charge in [0.25, 0.3) is 5.91 Å². The Balaban J connectivity index is 2.34. The van der Waals surface area contributed by atoms with Crippen LogP contribution in [0.2, 0.25) is 0 Å². The van der Waals surface area contributed by atoms with E-state index in [1.165, 1.54) is 0 Å². The number of hydrogen-bond donors (Lipinski definition) is 2. The lowest BCUT2D eigenvalue weighted by molar-refractivity contribution is 0.0951. The van der Waals surface area contributed by atoms with E-state index in [9.17, 15) is 9.59 Å². The van der Waals surface area contributed by atoms with Crippen molar-refractivity contribution < 1.29 is 9.59 Å². The van der Waals surface area contributed by atoms with Crippen molar-refractivity contribution in [3.05, 3.63) is 35.2 Å². The number of aromatic amines is 1. The maximum Gasteiger partial charge on any atom is 0.268 e. The van der Waals surface area contributed by atoms with Gasteiger partial charge in [0.2, 0.25) is 0 Å². The lowest BCUT2D eigenvalue weighted by Crippen LogP contribution is -2.24. The Morgan fingerprint density at radius 2 is 2.29 bits per heavy atom. The Kier molecular flexibility index (Phi) is 3.13. The Morgan fingerprint density at radius 1 is 1.53 bits per heavy atom. The van der Waals surface area contributed by atoms with Crippen molar-refractivity contribution in [2.24, 2.45) is 0 Å². The highest BCUT2D eigenvalue weighted by molar-refractivity contribution is 6.04. The average molecular weight is 232 g/mol. The van der Waals surface area contributed by atoms with Gasteiger partial charge in [-0.2, -0.15) is 0 Å². The minimum atomic E-state index is -0.176. The molecule has 0 fully saturated rings. The summed E-state index contributed by atoms with van der Waals surface area (Å²) in [6.07, 6.45) is 3.91. The van der Waals surface area contributed by atoms with Crippen molar-refractivity contribution in [1.29, 1.82) is 0 Å². The predicted molar refractivity (Wildman–Crippen MR) is 65.3 cm³/mol. The second-order valence-corrected chi connectivity index (χ2v) is 4.25. The van der Waals surface area contributed by atoms with E-state index in [2.05, 4.69) is 16.9 Å². The van der Waals surface area contributed by atoms with Crippen LogP contribution in [0, 0.1) is 6.92 Å². The summed E-state index contributed by atoms with van der Waals surface area (Å²) < 4.78 is 0. The molecule has 4 nitrogen and oxygen atoms in total. The molecule has 1 amide bonds. The lowest BCUT2D eigenvalue weighted by Gasteiger charge is -2.09. The van der Waals surface area contributed by atoms with Gasteiger partial charge in [-0.25, -0.2) is 0 Å². The van der Waals surface area contributed by atoms with E-state index in [0.717, 1.165) is 29.7 Å². The van der Waals surface area contributed by atoms with Crippen LogP contribution in [-0.4, -0.2) is 23.2 Å². The molecule has 0 saturated heterocycles. The van der Waals surface area contributed by atoms with Crippen molar-refractivity contribution in [2.75, 3.05) is 6.54 Å². The number of fused-ring (bicyclic) bond motifs is 1. The summed E-state index contributed by atoms with van der Waals surface area (Å²) in [4.78, 5) is 26.7. The fourth-order valence-corrected chi connectivity index (χ4v) is 2.25. The minimum absolute atomic E-state index is 0.141. The molecule has 0 radical (unpaired) electrons. The first-order chi connectivity index (χ1) is 8.15. The number of carbonyl (C=O) groups is 2. The quantitative estimate of drug-likeness (QED) is 0.780. The van der Waals surface area contributed by atoms with Gasteiger partial charge in [-0.05, 0) is 25.3 Å². The third-order valence-electron chi connectivity index (χ3n) is 3.07. The van der Waals surface area contributed by atoms with Crippen LogP contribution in [0.5, 0.6) is 0 Å². The molecule has 0 bridgehead atoms. The van der Waals surface area contributed by atoms with Crippen LogP contribution < -0.4 is 5.32 Å². The summed E-state index contributed by atoms with van der Waals surface area (Å²) in [5.74, 6) is -0.0348. The van der Waals surface area contributed by atoms with E-state index >= 15 is 0 Å². The number of carbonyl (C=O) groups excluding carboxylic acids is 2. The molecule has 0 spiro atoms. The van der Waals surface area contributed by atoms with Crippen LogP contribution in [0.1, 0.15) is 44.9 Å². The molecule has 1 aromatic heterocycles. The van der Waals surface area contributed by atoms with Gasteiger partial charge in [0.05, 0.1) is 0 Å². The van der Waals surface area contributed by atoms with E-state index in [1.807, 2.05) is 6.92 Å². The van der Waals surface area contributed by atoms with Crippen LogP contribution >= 0.6 is 0 Å². The molecule has 0 atom stereocenters. The summed E-state index contributed by atoms with van der Waals surface area (Å²) in [6.45, 7) is 5.79. The first-order valence-electron chi connectivity index (χ1n) is 5.79. The number of H-pyrrole nitrogens is 1. The Hall–Kier alpha value is -1.84. The summed E-state index contributed by atoms with van der Waals surface area (Å²) in [7, 11) is 0. The molecule has 4 heteroatoms. The smallest absolute Gasteiger partial charge is 0.268 e. The standard InChI is InChI=1S/C13H16N2O2/c1-3-7-14-13(17)12-8(2)11-9(15-12)5-4-6-10(11)16/h3,15H,1,4-7H2,2H3,(H,14,17). The van der Waals surface area contributed by atoms with Crippen molar-refractivity contribution in [2.45, 2.75) is 26.2 Å². The highest BCUT2D eigenvalue weighted by Crippen LogP contribution is 2.26. The molecule has 0 unspecified atom stereocenters. The molecule has 0 aromatic carbocycles. The van der Waals surface area contributed by atoms with Crippen LogP contribution in [0.3, 0.4) is 0 Å². The second kappa shape index (κ2) is 4.57. The van der Waals surface area contributed by atoms with Crippen LogP contribution in [0.15, 0.2) is 12.7 Å². The minimum Gasteiger partial charge on any atom is -0.354 e. The van der Waals surface area contributed by atoms with Crippen molar-refractivity contribution >= 4 is 11.7 Å². The van der Waals surface area contributed by atoms with E-state index in [4.69, 9.17) is 0 Å². The van der Waals surface area contributed by atoms with E-state index in [-0.39, 0.29) is 11.7 Å². The van der Waals surface area contributed by atoms with Crippen molar-refractivity contribution in [3.8, 4) is 0 Å². The first kappa shape index (κ1) is 11.6. The van der Waals surface area contributed by atoms with Gasteiger partial charge >= 0.3 is 0 Å². The van der Waals surface area contributed by atoms with Gasteiger partial charge in [-0.3, -0.25) is 9.59 Å². The summed E-state index contributed by atoms with van der Waals surface area (Å²) >= 11 is 0. The largest absolute Gasteiger partial charge is 0.354 e. The molecule has 1 heterocycles. The van der Waals surface area contributed by atoms with E-state index in [1.54, 1.807) is 6.08 Å². The third-order valence-corrected chi connectivity index (χ3v) is 3.07. The predicted octanol–water partition coefficient (Wildman–Crippen LogP) is 1.76. The molecule has 0 saturated carbocycles. The summed E-state index contributed by atoms with van der Waals surface area (Å²) in [5.41, 5.74) is 2.90. The first-order valence-corrected chi connectivity index (χ1v) is 5.79. The topological polar surface area (TPSA) is 62.0 Å². The Labute approximate surface area is 100 Å². The number of nitrogens with one attached hydrogen (secondary N) is 2. The number of Topliss-reactive ketones (excluding diaryl/α,β-unsaturated/α-hetero) is 1. The summed E-state index contributed by atoms with van der Waals surface area (Å²) in [6, 6.07) is 0. The molecule has 1 aliphatic rings. The third kappa shape index (κ3) is 2.02. The Morgan fingerprint density at radius 3 is 2.94 bits per heavy atom. The number of aromatic nitrogens is 1. The second-order valence-electron chi connectivity index (χ2n) is 4.25. The highest BCUT2D eigenvalue weighted by atomic mass is 16.2. The average Bonchev–Trinajstić information content (AvgIpc) is 2.65. The zero-order valence-corrected chi connectivity index (χ0v) is 9.93. The molecular weight excluding hydrogens is 216 g/mol. The zero-order valence-electron chi connectivity index (χ0n) is 9.93.